The van der Waals surface area contributed by atoms with Crippen LogP contribution in [0.1, 0.15) is 22.4 Å². The van der Waals surface area contributed by atoms with Crippen molar-refractivity contribution in [2.45, 2.75) is 19.8 Å². The van der Waals surface area contributed by atoms with Gasteiger partial charge in [0.25, 0.3) is 0 Å². The summed E-state index contributed by atoms with van der Waals surface area (Å²) in [6.45, 7) is 1.80. The number of nitrogens with zero attached hydrogens (tertiary/aromatic N) is 3. The van der Waals surface area contributed by atoms with Crippen molar-refractivity contribution in [2.24, 2.45) is 21.8 Å². The van der Waals surface area contributed by atoms with Crippen LogP contribution in [0, 0.1) is 12.5 Å². The van der Waals surface area contributed by atoms with E-state index in [0.29, 0.717) is 29.3 Å². The zero-order valence-electron chi connectivity index (χ0n) is 13.5. The number of nitrogens with two attached hydrogens (primary N) is 3. The molecule has 1 heterocycles. The number of aryl methyl sites for hydroxylation is 3. The van der Waals surface area contributed by atoms with Crippen molar-refractivity contribution < 1.29 is 0 Å². The van der Waals surface area contributed by atoms with Gasteiger partial charge in [0.05, 0.1) is 5.69 Å². The third-order valence-electron chi connectivity index (χ3n) is 3.66. The van der Waals surface area contributed by atoms with E-state index in [0.717, 1.165) is 23.1 Å². The average molecular weight is 323 g/mol. The highest BCUT2D eigenvalue weighted by molar-refractivity contribution is 5.83. The van der Waals surface area contributed by atoms with Crippen molar-refractivity contribution in [2.75, 3.05) is 5.73 Å². The summed E-state index contributed by atoms with van der Waals surface area (Å²) >= 11 is 0. The van der Waals surface area contributed by atoms with Gasteiger partial charge in [-0.15, -0.1) is 0 Å². The molecule has 0 saturated heterocycles. The Balaban J connectivity index is 2.20. The van der Waals surface area contributed by atoms with Crippen molar-refractivity contribution in [3.63, 3.8) is 0 Å². The number of aromatic nitrogens is 1. The monoisotopic (exact) mass is 323 g/mol. The molecule has 124 valence electrons. The van der Waals surface area contributed by atoms with E-state index in [9.17, 15) is 0 Å². The van der Waals surface area contributed by atoms with Crippen LogP contribution in [0.2, 0.25) is 0 Å². The molecule has 2 rings (SSSR count). The quantitative estimate of drug-likeness (QED) is 0.281. The highest BCUT2D eigenvalue weighted by atomic mass is 15.1. The van der Waals surface area contributed by atoms with Crippen molar-refractivity contribution in [3.8, 4) is 0 Å². The van der Waals surface area contributed by atoms with Crippen LogP contribution in [0.5, 0.6) is 0 Å². The van der Waals surface area contributed by atoms with E-state index in [2.05, 4.69) is 15.2 Å². The molecule has 0 aliphatic heterocycles. The van der Waals surface area contributed by atoms with Crippen LogP contribution in [0.25, 0.3) is 5.70 Å². The summed E-state index contributed by atoms with van der Waals surface area (Å²) in [6, 6.07) is 9.70. The summed E-state index contributed by atoms with van der Waals surface area (Å²) in [5, 5.41) is 6.99. The Kier molecular flexibility index (Phi) is 5.62. The SMILES string of the molecule is Cc1nc(N)cc(CCc2cccc(C(N)=CC=NN)c2)c1N=N. The number of benzene rings is 1. The third-order valence-corrected chi connectivity index (χ3v) is 3.66. The van der Waals surface area contributed by atoms with Gasteiger partial charge in [-0.3, -0.25) is 0 Å². The largest absolute Gasteiger partial charge is 0.398 e. The fraction of sp³-hybridized carbons (Fsp3) is 0.176. The number of hydrogen-bond acceptors (Lipinski definition) is 7. The normalized spacial score (nSPS) is 11.8. The van der Waals surface area contributed by atoms with Gasteiger partial charge in [0.1, 0.15) is 11.5 Å². The summed E-state index contributed by atoms with van der Waals surface area (Å²) in [5.74, 6) is 5.52. The molecule has 0 atom stereocenters. The second-order valence-corrected chi connectivity index (χ2v) is 5.37. The first-order chi connectivity index (χ1) is 11.5. The molecule has 1 aromatic carbocycles. The first-order valence-corrected chi connectivity index (χ1v) is 7.47. The predicted octanol–water partition coefficient (Wildman–Crippen LogP) is 2.66. The molecular formula is C17H21N7. The molecule has 2 aromatic rings. The third kappa shape index (κ3) is 4.16. The van der Waals surface area contributed by atoms with Crippen molar-refractivity contribution >= 4 is 23.4 Å². The van der Waals surface area contributed by atoms with Crippen LogP contribution >= 0.6 is 0 Å². The second-order valence-electron chi connectivity index (χ2n) is 5.37. The van der Waals surface area contributed by atoms with E-state index in [4.69, 9.17) is 22.8 Å². The number of allylic oxidation sites excluding steroid dienone is 1. The van der Waals surface area contributed by atoms with Crippen molar-refractivity contribution in [1.82, 2.24) is 4.98 Å². The number of hydrazone groups is 1. The first-order valence-electron chi connectivity index (χ1n) is 7.47. The summed E-state index contributed by atoms with van der Waals surface area (Å²) in [7, 11) is 0. The molecule has 0 unspecified atom stereocenters. The lowest BCUT2D eigenvalue weighted by molar-refractivity contribution is 0.938. The molecule has 7 heteroatoms. The second kappa shape index (κ2) is 7.87. The number of hydrogen-bond donors (Lipinski definition) is 4. The van der Waals surface area contributed by atoms with E-state index >= 15 is 0 Å². The van der Waals surface area contributed by atoms with Crippen molar-refractivity contribution in [1.29, 1.82) is 5.53 Å². The van der Waals surface area contributed by atoms with Crippen LogP contribution in [-0.4, -0.2) is 11.2 Å². The number of rotatable bonds is 6. The minimum Gasteiger partial charge on any atom is -0.398 e. The Morgan fingerprint density at radius 1 is 1.29 bits per heavy atom. The van der Waals surface area contributed by atoms with Crippen LogP contribution in [-0.2, 0) is 12.8 Å². The Hall–Kier alpha value is -3.22. The Morgan fingerprint density at radius 3 is 2.79 bits per heavy atom. The minimum absolute atomic E-state index is 0.442. The maximum atomic E-state index is 7.33. The van der Waals surface area contributed by atoms with Crippen molar-refractivity contribution in [3.05, 3.63) is 58.8 Å². The molecule has 24 heavy (non-hydrogen) atoms. The zero-order chi connectivity index (χ0) is 17.5. The molecule has 1 aromatic heterocycles. The fourth-order valence-corrected chi connectivity index (χ4v) is 2.51. The minimum atomic E-state index is 0.442. The van der Waals surface area contributed by atoms with Gasteiger partial charge in [-0.05, 0) is 54.7 Å². The molecule has 0 fully saturated rings. The number of nitrogen functional groups attached to an aromatic ring is 1. The van der Waals surface area contributed by atoms with Gasteiger partial charge in [0.15, 0.2) is 0 Å². The van der Waals surface area contributed by atoms with Crippen LogP contribution in [0.4, 0.5) is 11.5 Å². The Labute approximate surface area is 140 Å². The van der Waals surface area contributed by atoms with Gasteiger partial charge in [-0.1, -0.05) is 18.2 Å². The smallest absolute Gasteiger partial charge is 0.124 e. The lowest BCUT2D eigenvalue weighted by Gasteiger charge is -2.09. The van der Waals surface area contributed by atoms with E-state index < -0.39 is 0 Å². The molecule has 0 spiro atoms. The summed E-state index contributed by atoms with van der Waals surface area (Å²) in [6.07, 6.45) is 4.59. The molecule has 0 radical (unpaired) electrons. The fourth-order valence-electron chi connectivity index (χ4n) is 2.51. The summed E-state index contributed by atoms with van der Waals surface area (Å²) < 4.78 is 0. The van der Waals surface area contributed by atoms with Crippen LogP contribution in [0.3, 0.4) is 0 Å². The molecule has 0 aliphatic rings. The molecule has 7 nitrogen and oxygen atoms in total. The highest BCUT2D eigenvalue weighted by Crippen LogP contribution is 2.26. The lowest BCUT2D eigenvalue weighted by atomic mass is 10.0. The number of anilines is 1. The molecule has 0 saturated carbocycles. The van der Waals surface area contributed by atoms with Crippen LogP contribution in [0.15, 0.2) is 46.6 Å². The van der Waals surface area contributed by atoms with E-state index in [1.807, 2.05) is 24.3 Å². The molecule has 0 amide bonds. The summed E-state index contributed by atoms with van der Waals surface area (Å²) in [5.41, 5.74) is 23.9. The molecule has 7 N–H and O–H groups in total. The number of nitrogens with one attached hydrogen (secondary N) is 1. The maximum Gasteiger partial charge on any atom is 0.124 e. The number of pyridine rings is 1. The van der Waals surface area contributed by atoms with Gasteiger partial charge in [-0.2, -0.15) is 10.2 Å². The Morgan fingerprint density at radius 2 is 2.08 bits per heavy atom. The summed E-state index contributed by atoms with van der Waals surface area (Å²) in [4.78, 5) is 4.14. The average Bonchev–Trinajstić information content (AvgIpc) is 2.57. The van der Waals surface area contributed by atoms with Gasteiger partial charge < -0.3 is 17.3 Å². The lowest BCUT2D eigenvalue weighted by Crippen LogP contribution is -2.01. The van der Waals surface area contributed by atoms with Gasteiger partial charge in [0, 0.05) is 11.9 Å². The predicted molar refractivity (Wildman–Crippen MR) is 96.9 cm³/mol. The topological polar surface area (TPSA) is 140 Å². The molecule has 0 aliphatic carbocycles. The van der Waals surface area contributed by atoms with E-state index in [1.165, 1.54) is 6.21 Å². The Bertz CT molecular complexity index is 794. The maximum absolute atomic E-state index is 7.33. The molecular weight excluding hydrogens is 302 g/mol. The van der Waals surface area contributed by atoms with Gasteiger partial charge in [-0.25, -0.2) is 10.5 Å². The van der Waals surface area contributed by atoms with E-state index in [1.54, 1.807) is 19.1 Å². The zero-order valence-corrected chi connectivity index (χ0v) is 13.5. The molecule has 0 bridgehead atoms. The first kappa shape index (κ1) is 17.1. The van der Waals surface area contributed by atoms with Crippen LogP contribution < -0.4 is 17.3 Å². The van der Waals surface area contributed by atoms with E-state index in [-0.39, 0.29) is 0 Å². The highest BCUT2D eigenvalue weighted by Gasteiger charge is 2.09. The van der Waals surface area contributed by atoms with Gasteiger partial charge >= 0.3 is 0 Å². The standard InChI is InChI=1S/C17H21N7/c1-11-17(24-21)14(10-16(19)23-11)6-5-12-3-2-4-13(9-12)15(18)7-8-22-20/h2-4,7-10,21H,5-6,18,20H2,1H3,(H2,19,23). The van der Waals surface area contributed by atoms with Gasteiger partial charge in [0.2, 0.25) is 0 Å².